The highest BCUT2D eigenvalue weighted by Crippen LogP contribution is 2.44. The van der Waals surface area contributed by atoms with Crippen molar-refractivity contribution in [3.8, 4) is 0 Å². The van der Waals surface area contributed by atoms with E-state index in [0.717, 1.165) is 43.1 Å². The van der Waals surface area contributed by atoms with Gasteiger partial charge in [-0.3, -0.25) is 24.6 Å². The highest BCUT2D eigenvalue weighted by atomic mass is 35.5. The number of likely N-dealkylation sites (tertiary alicyclic amines) is 1. The minimum Gasteiger partial charge on any atom is -0.363 e. The van der Waals surface area contributed by atoms with Gasteiger partial charge in [-0.25, -0.2) is 0 Å². The average Bonchev–Trinajstić information content (AvgIpc) is 3.42. The molecule has 3 saturated heterocycles. The van der Waals surface area contributed by atoms with Crippen LogP contribution in [0.4, 0.5) is 5.69 Å². The predicted octanol–water partition coefficient (Wildman–Crippen LogP) is 5.42. The SMILES string of the molecule is CC1(C)CCC(CN2CC3CCC(C2)N3c2ccc3c(c2)CN(C2CCC(=O)NC2=O)C3=O)=C(c2ccc(Cl)cc2)C1. The van der Waals surface area contributed by atoms with Crippen LogP contribution in [0, 0.1) is 5.41 Å². The van der Waals surface area contributed by atoms with Crippen molar-refractivity contribution in [3.63, 3.8) is 0 Å². The van der Waals surface area contributed by atoms with Gasteiger partial charge in [0, 0.05) is 61.0 Å². The number of piperazine rings is 1. The van der Waals surface area contributed by atoms with Gasteiger partial charge in [-0.15, -0.1) is 0 Å². The fraction of sp³-hybridized carbons (Fsp3) is 0.500. The number of allylic oxidation sites excluding steroid dienone is 1. The fourth-order valence-electron chi connectivity index (χ4n) is 8.00. The number of amides is 3. The van der Waals surface area contributed by atoms with Crippen LogP contribution >= 0.6 is 11.6 Å². The molecule has 220 valence electrons. The molecule has 4 aliphatic heterocycles. The maximum absolute atomic E-state index is 13.2. The first-order valence-electron chi connectivity index (χ1n) is 15.4. The summed E-state index contributed by atoms with van der Waals surface area (Å²) < 4.78 is 0. The first-order valence-corrected chi connectivity index (χ1v) is 15.8. The molecule has 3 atom stereocenters. The van der Waals surface area contributed by atoms with Crippen LogP contribution in [0.25, 0.3) is 5.57 Å². The van der Waals surface area contributed by atoms with Gasteiger partial charge >= 0.3 is 0 Å². The van der Waals surface area contributed by atoms with Gasteiger partial charge in [-0.1, -0.05) is 43.2 Å². The van der Waals surface area contributed by atoms with Crippen molar-refractivity contribution in [2.24, 2.45) is 5.41 Å². The van der Waals surface area contributed by atoms with E-state index in [0.29, 0.717) is 36.0 Å². The van der Waals surface area contributed by atoms with E-state index in [1.165, 1.54) is 36.1 Å². The maximum Gasteiger partial charge on any atom is 0.255 e. The summed E-state index contributed by atoms with van der Waals surface area (Å²) in [6.07, 6.45) is 6.47. The van der Waals surface area contributed by atoms with Crippen LogP contribution < -0.4 is 10.2 Å². The number of hydrogen-bond acceptors (Lipinski definition) is 5. The Morgan fingerprint density at radius 2 is 1.69 bits per heavy atom. The van der Waals surface area contributed by atoms with Gasteiger partial charge in [0.2, 0.25) is 11.8 Å². The first-order chi connectivity index (χ1) is 20.1. The molecule has 0 spiro atoms. The molecular formula is C34H39ClN4O3. The van der Waals surface area contributed by atoms with Crippen molar-refractivity contribution in [1.29, 1.82) is 0 Å². The van der Waals surface area contributed by atoms with Crippen LogP contribution in [0.3, 0.4) is 0 Å². The molecule has 4 heterocycles. The molecule has 0 aromatic heterocycles. The largest absolute Gasteiger partial charge is 0.363 e. The van der Waals surface area contributed by atoms with Crippen LogP contribution in [0.1, 0.15) is 80.3 Å². The van der Waals surface area contributed by atoms with E-state index in [-0.39, 0.29) is 24.1 Å². The summed E-state index contributed by atoms with van der Waals surface area (Å²) in [6, 6.07) is 14.9. The number of carbonyl (C=O) groups excluding carboxylic acids is 3. The molecule has 0 radical (unpaired) electrons. The zero-order valence-electron chi connectivity index (χ0n) is 24.5. The molecule has 7 nitrogen and oxygen atoms in total. The van der Waals surface area contributed by atoms with Gasteiger partial charge in [-0.05, 0) is 91.0 Å². The monoisotopic (exact) mass is 586 g/mol. The third-order valence-corrected chi connectivity index (χ3v) is 10.4. The Morgan fingerprint density at radius 1 is 0.952 bits per heavy atom. The lowest BCUT2D eigenvalue weighted by Gasteiger charge is -2.44. The van der Waals surface area contributed by atoms with E-state index >= 15 is 0 Å². The number of benzene rings is 2. The van der Waals surface area contributed by atoms with E-state index in [2.05, 4.69) is 53.2 Å². The van der Waals surface area contributed by atoms with Crippen molar-refractivity contribution in [3.05, 3.63) is 69.8 Å². The van der Waals surface area contributed by atoms with E-state index in [4.69, 9.17) is 11.6 Å². The Balaban J connectivity index is 1.07. The lowest BCUT2D eigenvalue weighted by Crippen LogP contribution is -2.54. The number of anilines is 1. The zero-order chi connectivity index (χ0) is 29.2. The third kappa shape index (κ3) is 5.05. The highest BCUT2D eigenvalue weighted by molar-refractivity contribution is 6.30. The minimum absolute atomic E-state index is 0.112. The summed E-state index contributed by atoms with van der Waals surface area (Å²) in [5, 5.41) is 3.18. The fourth-order valence-corrected chi connectivity index (χ4v) is 8.12. The Bertz CT molecular complexity index is 1470. The molecule has 1 aliphatic carbocycles. The number of piperidine rings is 1. The summed E-state index contributed by atoms with van der Waals surface area (Å²) >= 11 is 6.22. The van der Waals surface area contributed by atoms with Crippen molar-refractivity contribution in [2.45, 2.75) is 83.5 Å². The van der Waals surface area contributed by atoms with Crippen LogP contribution in [0.15, 0.2) is 48.0 Å². The number of halogens is 1. The Morgan fingerprint density at radius 3 is 2.40 bits per heavy atom. The van der Waals surface area contributed by atoms with Gasteiger partial charge in [0.1, 0.15) is 6.04 Å². The Hall–Kier alpha value is -3.16. The second-order valence-corrected chi connectivity index (χ2v) is 14.1. The van der Waals surface area contributed by atoms with E-state index < -0.39 is 6.04 Å². The summed E-state index contributed by atoms with van der Waals surface area (Å²) in [6.45, 7) is 8.28. The lowest BCUT2D eigenvalue weighted by atomic mass is 9.72. The van der Waals surface area contributed by atoms with Gasteiger partial charge in [0.05, 0.1) is 0 Å². The number of rotatable bonds is 5. The quantitative estimate of drug-likeness (QED) is 0.474. The number of carbonyl (C=O) groups is 3. The van der Waals surface area contributed by atoms with E-state index in [9.17, 15) is 14.4 Å². The van der Waals surface area contributed by atoms with Crippen molar-refractivity contribution < 1.29 is 14.4 Å². The smallest absolute Gasteiger partial charge is 0.255 e. The molecule has 2 aromatic carbocycles. The van der Waals surface area contributed by atoms with Gasteiger partial charge in [0.15, 0.2) is 0 Å². The molecule has 2 aromatic rings. The normalized spacial score (nSPS) is 27.5. The molecular weight excluding hydrogens is 548 g/mol. The van der Waals surface area contributed by atoms with Crippen LogP contribution in [0.5, 0.6) is 0 Å². The Kier molecular flexibility index (Phi) is 6.93. The van der Waals surface area contributed by atoms with E-state index in [1.54, 1.807) is 10.5 Å². The highest BCUT2D eigenvalue weighted by Gasteiger charge is 2.43. The lowest BCUT2D eigenvalue weighted by molar-refractivity contribution is -0.136. The number of nitrogens with one attached hydrogen (secondary N) is 1. The maximum atomic E-state index is 13.2. The first kappa shape index (κ1) is 27.7. The van der Waals surface area contributed by atoms with Crippen LogP contribution in [0.2, 0.25) is 5.02 Å². The molecule has 7 rings (SSSR count). The number of fused-ring (bicyclic) bond motifs is 3. The molecule has 2 bridgehead atoms. The minimum atomic E-state index is -0.580. The Labute approximate surface area is 252 Å². The second kappa shape index (κ2) is 10.5. The molecule has 3 unspecified atom stereocenters. The van der Waals surface area contributed by atoms with Crippen LogP contribution in [-0.4, -0.2) is 65.3 Å². The van der Waals surface area contributed by atoms with Gasteiger partial charge < -0.3 is 9.80 Å². The molecule has 8 heteroatoms. The summed E-state index contributed by atoms with van der Waals surface area (Å²) in [7, 11) is 0. The van der Waals surface area contributed by atoms with E-state index in [1.807, 2.05) is 18.2 Å². The van der Waals surface area contributed by atoms with Crippen molar-refractivity contribution in [2.75, 3.05) is 24.5 Å². The van der Waals surface area contributed by atoms with Crippen molar-refractivity contribution in [1.82, 2.24) is 15.1 Å². The summed E-state index contributed by atoms with van der Waals surface area (Å²) in [5.41, 5.74) is 7.53. The van der Waals surface area contributed by atoms with Gasteiger partial charge in [0.25, 0.3) is 5.91 Å². The number of imide groups is 1. The summed E-state index contributed by atoms with van der Waals surface area (Å²) in [4.78, 5) is 44.2. The van der Waals surface area contributed by atoms with Crippen LogP contribution in [-0.2, 0) is 16.1 Å². The van der Waals surface area contributed by atoms with Gasteiger partial charge in [-0.2, -0.15) is 0 Å². The molecule has 1 N–H and O–H groups in total. The molecule has 0 saturated carbocycles. The standard InChI is InChI=1S/C34H39ClN4O3/c1-34(2)14-13-22(29(16-34)21-3-5-24(35)6-4-21)17-37-19-26-7-8-27(20-37)39(26)25-9-10-28-23(15-25)18-38(33(28)42)30-11-12-31(40)36-32(30)41/h3-6,9-10,15,26-27,30H,7-8,11-14,16-20H2,1-2H3,(H,36,40,41). The molecule has 42 heavy (non-hydrogen) atoms. The van der Waals surface area contributed by atoms with Crippen molar-refractivity contribution >= 4 is 40.6 Å². The second-order valence-electron chi connectivity index (χ2n) is 13.7. The molecule has 5 aliphatic rings. The number of hydrogen-bond donors (Lipinski definition) is 1. The topological polar surface area (TPSA) is 73.0 Å². The summed E-state index contributed by atoms with van der Waals surface area (Å²) in [5.74, 6) is -0.737. The third-order valence-electron chi connectivity index (χ3n) is 10.2. The number of nitrogens with zero attached hydrogens (tertiary/aromatic N) is 3. The molecule has 3 fully saturated rings. The predicted molar refractivity (Wildman–Crippen MR) is 164 cm³/mol. The molecule has 3 amide bonds. The zero-order valence-corrected chi connectivity index (χ0v) is 25.3. The average molecular weight is 587 g/mol.